The molecule has 0 saturated heterocycles. The van der Waals surface area contributed by atoms with Crippen LogP contribution in [0, 0.1) is 11.8 Å². The van der Waals surface area contributed by atoms with E-state index in [1.165, 1.54) is 77.7 Å². The average molecular weight is 607 g/mol. The Bertz CT molecular complexity index is 1490. The molecule has 6 rings (SSSR count). The number of hydrogen-bond donors (Lipinski definition) is 0. The zero-order chi connectivity index (χ0) is 31.4. The molecule has 0 aliphatic heterocycles. The molecule has 0 spiro atoms. The lowest BCUT2D eigenvalue weighted by atomic mass is 9.77. The molecule has 1 fully saturated rings. The molecule has 0 heterocycles. The summed E-state index contributed by atoms with van der Waals surface area (Å²) in [6.07, 6.45) is 9.33. The highest BCUT2D eigenvalue weighted by Crippen LogP contribution is 2.37. The molecule has 5 aromatic rings. The van der Waals surface area contributed by atoms with E-state index in [1.54, 1.807) is 0 Å². The second kappa shape index (κ2) is 16.3. The van der Waals surface area contributed by atoms with Gasteiger partial charge in [0.05, 0.1) is 0 Å². The molecule has 1 aliphatic carbocycles. The molecule has 0 N–H and O–H groups in total. The Kier molecular flexibility index (Phi) is 11.2. The molecule has 1 saturated carbocycles. The van der Waals surface area contributed by atoms with Crippen molar-refractivity contribution in [2.75, 3.05) is 9.80 Å². The van der Waals surface area contributed by atoms with Gasteiger partial charge >= 0.3 is 0 Å². The quantitative estimate of drug-likeness (QED) is 0.124. The Morgan fingerprint density at radius 3 is 1.33 bits per heavy atom. The molecular weight excluding hydrogens is 556 g/mol. The third-order valence-electron chi connectivity index (χ3n) is 9.81. The summed E-state index contributed by atoms with van der Waals surface area (Å²) in [5, 5.41) is 0. The van der Waals surface area contributed by atoms with Crippen molar-refractivity contribution in [1.29, 1.82) is 0 Å². The van der Waals surface area contributed by atoms with Gasteiger partial charge in [0.1, 0.15) is 0 Å². The van der Waals surface area contributed by atoms with Crippen LogP contribution in [-0.4, -0.2) is 0 Å². The van der Waals surface area contributed by atoms with Gasteiger partial charge in [-0.1, -0.05) is 154 Å². The summed E-state index contributed by atoms with van der Waals surface area (Å²) in [7, 11) is 0. The molecule has 5 aromatic carbocycles. The van der Waals surface area contributed by atoms with Gasteiger partial charge in [0.2, 0.25) is 0 Å². The van der Waals surface area contributed by atoms with Crippen LogP contribution in [-0.2, 0) is 32.6 Å². The first-order valence-corrected chi connectivity index (χ1v) is 17.5. The molecule has 0 radical (unpaired) electrons. The first kappa shape index (κ1) is 31.7. The minimum Gasteiger partial charge on any atom is -0.363 e. The lowest BCUT2D eigenvalue weighted by Crippen LogP contribution is -2.26. The van der Waals surface area contributed by atoms with Crippen molar-refractivity contribution in [3.8, 4) is 0 Å². The van der Waals surface area contributed by atoms with Gasteiger partial charge in [-0.05, 0) is 77.1 Å². The van der Waals surface area contributed by atoms with E-state index in [-0.39, 0.29) is 0 Å². The molecule has 0 aromatic heterocycles. The maximum Gasteiger partial charge on any atom is 0.0433 e. The van der Waals surface area contributed by atoms with Crippen molar-refractivity contribution >= 4 is 11.4 Å². The van der Waals surface area contributed by atoms with Crippen molar-refractivity contribution in [2.24, 2.45) is 11.8 Å². The second-order valence-corrected chi connectivity index (χ2v) is 13.3. The Balaban J connectivity index is 1.37. The predicted octanol–water partition coefficient (Wildman–Crippen LogP) is 11.2. The number of rotatable bonds is 14. The van der Waals surface area contributed by atoms with Gasteiger partial charge in [-0.15, -0.1) is 0 Å². The molecule has 0 amide bonds. The van der Waals surface area contributed by atoms with Crippen molar-refractivity contribution < 1.29 is 0 Å². The molecule has 1 aliphatic rings. The van der Waals surface area contributed by atoms with Gasteiger partial charge in [-0.25, -0.2) is 0 Å². The van der Waals surface area contributed by atoms with E-state index in [2.05, 4.69) is 156 Å². The molecule has 46 heavy (non-hydrogen) atoms. The van der Waals surface area contributed by atoms with Gasteiger partial charge in [0.25, 0.3) is 0 Å². The summed E-state index contributed by atoms with van der Waals surface area (Å²) in [6, 6.07) is 51.2. The Hall–Kier alpha value is -4.30. The monoisotopic (exact) mass is 606 g/mol. The lowest BCUT2D eigenvalue weighted by Gasteiger charge is -2.33. The van der Waals surface area contributed by atoms with Gasteiger partial charge in [-0.2, -0.15) is 0 Å². The highest BCUT2D eigenvalue weighted by molar-refractivity contribution is 5.63. The summed E-state index contributed by atoms with van der Waals surface area (Å²) in [5.41, 5.74) is 9.57. The lowest BCUT2D eigenvalue weighted by molar-refractivity contribution is 0.261. The average Bonchev–Trinajstić information content (AvgIpc) is 3.10. The fourth-order valence-electron chi connectivity index (χ4n) is 7.36. The normalized spacial score (nSPS) is 16.2. The molecule has 0 bridgehead atoms. The zero-order valence-corrected chi connectivity index (χ0v) is 27.6. The standard InChI is InChI=1S/C44H50N2/c1-2-15-36-24-26-37(27-25-36)30-42-31-43(45(32-38-16-7-3-8-17-38)33-39-18-9-4-10-19-39)28-29-44(42)46(34-40-20-11-5-12-21-40)35-41-22-13-6-14-23-41/h3-14,16-23,28-29,31,36-37H,2,15,24-27,30,32-35H2,1H3. The molecule has 2 nitrogen and oxygen atoms in total. The largest absolute Gasteiger partial charge is 0.363 e. The third kappa shape index (κ3) is 8.91. The third-order valence-corrected chi connectivity index (χ3v) is 9.81. The smallest absolute Gasteiger partial charge is 0.0433 e. The van der Waals surface area contributed by atoms with Gasteiger partial charge < -0.3 is 9.80 Å². The highest BCUT2D eigenvalue weighted by Gasteiger charge is 2.24. The Morgan fingerprint density at radius 1 is 0.478 bits per heavy atom. The number of nitrogens with zero attached hydrogens (tertiary/aromatic N) is 2. The first-order chi connectivity index (χ1) is 22.7. The van der Waals surface area contributed by atoms with Crippen molar-refractivity contribution in [3.63, 3.8) is 0 Å². The van der Waals surface area contributed by atoms with Crippen LogP contribution in [0.3, 0.4) is 0 Å². The topological polar surface area (TPSA) is 6.48 Å². The summed E-state index contributed by atoms with van der Waals surface area (Å²) >= 11 is 0. The fourth-order valence-corrected chi connectivity index (χ4v) is 7.36. The summed E-state index contributed by atoms with van der Waals surface area (Å²) in [6.45, 7) is 5.89. The van der Waals surface area contributed by atoms with E-state index in [9.17, 15) is 0 Å². The van der Waals surface area contributed by atoms with Crippen LogP contribution in [0.15, 0.2) is 140 Å². The molecule has 0 unspecified atom stereocenters. The first-order valence-electron chi connectivity index (χ1n) is 17.5. The van der Waals surface area contributed by atoms with Crippen LogP contribution in [0.1, 0.15) is 73.3 Å². The summed E-state index contributed by atoms with van der Waals surface area (Å²) < 4.78 is 0. The van der Waals surface area contributed by atoms with Crippen LogP contribution in [0.5, 0.6) is 0 Å². The molecule has 236 valence electrons. The van der Waals surface area contributed by atoms with E-state index >= 15 is 0 Å². The molecule has 0 atom stereocenters. The summed E-state index contributed by atoms with van der Waals surface area (Å²) in [5.74, 6) is 1.67. The van der Waals surface area contributed by atoms with Crippen molar-refractivity contribution in [3.05, 3.63) is 167 Å². The molecule has 2 heteroatoms. The van der Waals surface area contributed by atoms with Crippen molar-refractivity contribution in [1.82, 2.24) is 0 Å². The minimum atomic E-state index is 0.745. The van der Waals surface area contributed by atoms with Gasteiger partial charge in [0.15, 0.2) is 0 Å². The maximum absolute atomic E-state index is 2.62. The van der Waals surface area contributed by atoms with Crippen LogP contribution in [0.2, 0.25) is 0 Å². The van der Waals surface area contributed by atoms with E-state index < -0.39 is 0 Å². The second-order valence-electron chi connectivity index (χ2n) is 13.3. The highest BCUT2D eigenvalue weighted by atomic mass is 15.1. The van der Waals surface area contributed by atoms with Crippen LogP contribution < -0.4 is 9.80 Å². The zero-order valence-electron chi connectivity index (χ0n) is 27.6. The van der Waals surface area contributed by atoms with E-state index in [1.807, 2.05) is 0 Å². The summed E-state index contributed by atoms with van der Waals surface area (Å²) in [4.78, 5) is 5.18. The van der Waals surface area contributed by atoms with Gasteiger partial charge in [0, 0.05) is 37.6 Å². The number of hydrogen-bond acceptors (Lipinski definition) is 2. The fraction of sp³-hybridized carbons (Fsp3) is 0.318. The van der Waals surface area contributed by atoms with Crippen LogP contribution in [0.25, 0.3) is 0 Å². The van der Waals surface area contributed by atoms with E-state index in [4.69, 9.17) is 0 Å². The van der Waals surface area contributed by atoms with E-state index in [0.717, 1.165) is 44.4 Å². The maximum atomic E-state index is 2.62. The molecular formula is C44H50N2. The number of anilines is 2. The van der Waals surface area contributed by atoms with Crippen LogP contribution in [0.4, 0.5) is 11.4 Å². The Labute approximate surface area is 277 Å². The minimum absolute atomic E-state index is 0.745. The van der Waals surface area contributed by atoms with Crippen molar-refractivity contribution in [2.45, 2.75) is 78.0 Å². The van der Waals surface area contributed by atoms with Crippen LogP contribution >= 0.6 is 0 Å². The van der Waals surface area contributed by atoms with Gasteiger partial charge in [-0.3, -0.25) is 0 Å². The SMILES string of the molecule is CCCC1CCC(Cc2cc(N(Cc3ccccc3)Cc3ccccc3)ccc2N(Cc2ccccc2)Cc2ccccc2)CC1. The Morgan fingerprint density at radius 2 is 0.891 bits per heavy atom. The number of benzene rings is 5. The predicted molar refractivity (Wildman–Crippen MR) is 196 cm³/mol. The van der Waals surface area contributed by atoms with E-state index in [0.29, 0.717) is 0 Å².